The van der Waals surface area contributed by atoms with Crippen molar-refractivity contribution in [2.45, 2.75) is 50.0 Å². The maximum Gasteiger partial charge on any atom is 0.251 e. The number of sulfonamides is 1. The molecule has 2 aromatic carbocycles. The third kappa shape index (κ3) is 4.96. The number of benzene rings is 2. The van der Waals surface area contributed by atoms with Gasteiger partial charge in [-0.25, -0.2) is 12.8 Å². The molecule has 1 aliphatic carbocycles. The van der Waals surface area contributed by atoms with Gasteiger partial charge in [0.1, 0.15) is 5.82 Å². The van der Waals surface area contributed by atoms with Crippen LogP contribution < -0.4 is 10.2 Å². The Bertz CT molecular complexity index is 1060. The van der Waals surface area contributed by atoms with Crippen molar-refractivity contribution in [1.82, 2.24) is 9.62 Å². The minimum atomic E-state index is -3.71. The average Bonchev–Trinajstić information content (AvgIpc) is 2.80. The van der Waals surface area contributed by atoms with Gasteiger partial charge in [-0.3, -0.25) is 4.79 Å². The molecule has 1 N–H and O–H groups in total. The molecule has 32 heavy (non-hydrogen) atoms. The molecule has 1 saturated carbocycles. The SMILES string of the molecule is Cc1ccc(S(=O)(=O)N2CCN(c3ccc(F)cc3)CC2)cc1C(=O)NC1CCCCC1. The van der Waals surface area contributed by atoms with Crippen LogP contribution in [0.5, 0.6) is 0 Å². The fourth-order valence-corrected chi connectivity index (χ4v) is 5.95. The molecular weight excluding hydrogens is 429 g/mol. The van der Waals surface area contributed by atoms with E-state index in [-0.39, 0.29) is 22.7 Å². The first-order valence-corrected chi connectivity index (χ1v) is 12.7. The van der Waals surface area contributed by atoms with Crippen LogP contribution in [0.15, 0.2) is 47.4 Å². The molecule has 0 spiro atoms. The van der Waals surface area contributed by atoms with Crippen LogP contribution in [0.25, 0.3) is 0 Å². The number of nitrogens with zero attached hydrogens (tertiary/aromatic N) is 2. The Balaban J connectivity index is 1.46. The third-order valence-electron chi connectivity index (χ3n) is 6.46. The molecule has 1 aliphatic heterocycles. The number of anilines is 1. The van der Waals surface area contributed by atoms with Crippen LogP contribution in [0.2, 0.25) is 0 Å². The van der Waals surface area contributed by atoms with Crippen molar-refractivity contribution in [3.63, 3.8) is 0 Å². The molecule has 2 aromatic rings. The number of carbonyl (C=O) groups is 1. The lowest BCUT2D eigenvalue weighted by atomic mass is 9.95. The molecule has 6 nitrogen and oxygen atoms in total. The van der Waals surface area contributed by atoms with Crippen LogP contribution in [0, 0.1) is 12.7 Å². The van der Waals surface area contributed by atoms with Gasteiger partial charge in [-0.1, -0.05) is 25.3 Å². The van der Waals surface area contributed by atoms with Gasteiger partial charge < -0.3 is 10.2 Å². The fraction of sp³-hybridized carbons (Fsp3) is 0.458. The monoisotopic (exact) mass is 459 g/mol. The Kier molecular flexibility index (Phi) is 6.81. The second-order valence-corrected chi connectivity index (χ2v) is 10.6. The van der Waals surface area contributed by atoms with Gasteiger partial charge in [-0.2, -0.15) is 4.31 Å². The number of nitrogens with one attached hydrogen (secondary N) is 1. The molecule has 4 rings (SSSR count). The third-order valence-corrected chi connectivity index (χ3v) is 8.36. The Morgan fingerprint density at radius 2 is 1.62 bits per heavy atom. The van der Waals surface area contributed by atoms with E-state index in [0.29, 0.717) is 31.7 Å². The van der Waals surface area contributed by atoms with Crippen LogP contribution in [0.3, 0.4) is 0 Å². The van der Waals surface area contributed by atoms with E-state index in [0.717, 1.165) is 36.9 Å². The first-order chi connectivity index (χ1) is 15.3. The summed E-state index contributed by atoms with van der Waals surface area (Å²) in [6, 6.07) is 11.2. The van der Waals surface area contributed by atoms with E-state index in [9.17, 15) is 17.6 Å². The summed E-state index contributed by atoms with van der Waals surface area (Å²) < 4.78 is 41.2. The lowest BCUT2D eigenvalue weighted by Gasteiger charge is -2.35. The molecule has 0 atom stereocenters. The molecule has 172 valence electrons. The molecule has 8 heteroatoms. The van der Waals surface area contributed by atoms with E-state index < -0.39 is 10.0 Å². The maximum atomic E-state index is 13.3. The highest BCUT2D eigenvalue weighted by molar-refractivity contribution is 7.89. The largest absolute Gasteiger partial charge is 0.369 e. The summed E-state index contributed by atoms with van der Waals surface area (Å²) in [7, 11) is -3.71. The Labute approximate surface area is 189 Å². The summed E-state index contributed by atoms with van der Waals surface area (Å²) in [4.78, 5) is 15.1. The van der Waals surface area contributed by atoms with E-state index >= 15 is 0 Å². The highest BCUT2D eigenvalue weighted by Gasteiger charge is 2.30. The van der Waals surface area contributed by atoms with Gasteiger partial charge in [-0.05, 0) is 61.7 Å². The first kappa shape index (κ1) is 22.7. The van der Waals surface area contributed by atoms with Crippen molar-refractivity contribution in [3.05, 3.63) is 59.4 Å². The van der Waals surface area contributed by atoms with Gasteiger partial charge in [0, 0.05) is 43.5 Å². The summed E-state index contributed by atoms with van der Waals surface area (Å²) >= 11 is 0. The van der Waals surface area contributed by atoms with Crippen LogP contribution in [-0.2, 0) is 10.0 Å². The molecule has 0 aromatic heterocycles. The molecule has 2 aliphatic rings. The predicted octanol–water partition coefficient (Wildman–Crippen LogP) is 3.71. The number of amides is 1. The smallest absolute Gasteiger partial charge is 0.251 e. The number of aryl methyl sites for hydroxylation is 1. The zero-order chi connectivity index (χ0) is 22.7. The number of halogens is 1. The number of hydrogen-bond donors (Lipinski definition) is 1. The van der Waals surface area contributed by atoms with Gasteiger partial charge in [0.25, 0.3) is 5.91 Å². The van der Waals surface area contributed by atoms with Gasteiger partial charge in [0.15, 0.2) is 0 Å². The summed E-state index contributed by atoms with van der Waals surface area (Å²) in [5, 5.41) is 3.08. The van der Waals surface area contributed by atoms with E-state index in [4.69, 9.17) is 0 Å². The topological polar surface area (TPSA) is 69.7 Å². The predicted molar refractivity (Wildman–Crippen MR) is 123 cm³/mol. The van der Waals surface area contributed by atoms with Crippen LogP contribution in [0.1, 0.15) is 48.0 Å². The quantitative estimate of drug-likeness (QED) is 0.740. The summed E-state index contributed by atoms with van der Waals surface area (Å²) in [5.41, 5.74) is 2.06. The number of piperazine rings is 1. The lowest BCUT2D eigenvalue weighted by Crippen LogP contribution is -2.48. The van der Waals surface area contributed by atoms with Gasteiger partial charge in [-0.15, -0.1) is 0 Å². The van der Waals surface area contributed by atoms with Crippen LogP contribution in [0.4, 0.5) is 10.1 Å². The molecule has 0 radical (unpaired) electrons. The molecule has 1 heterocycles. The standard InChI is InChI=1S/C24H30FN3O3S/c1-18-7-12-22(17-23(18)24(29)26-20-5-3-2-4-6-20)32(30,31)28-15-13-27(14-16-28)21-10-8-19(25)9-11-21/h7-12,17,20H,2-6,13-16H2,1H3,(H,26,29). The van der Waals surface area contributed by atoms with Crippen molar-refractivity contribution >= 4 is 21.6 Å². The first-order valence-electron chi connectivity index (χ1n) is 11.3. The second kappa shape index (κ2) is 9.58. The number of carbonyl (C=O) groups excluding carboxylic acids is 1. The van der Waals surface area contributed by atoms with E-state index in [1.54, 1.807) is 24.3 Å². The molecule has 0 bridgehead atoms. The van der Waals surface area contributed by atoms with Crippen molar-refractivity contribution in [2.24, 2.45) is 0 Å². The average molecular weight is 460 g/mol. The van der Waals surface area contributed by atoms with Gasteiger partial charge in [0.05, 0.1) is 4.90 Å². The maximum absolute atomic E-state index is 13.3. The lowest BCUT2D eigenvalue weighted by molar-refractivity contribution is 0.0927. The minimum Gasteiger partial charge on any atom is -0.369 e. The Hall–Kier alpha value is -2.45. The second-order valence-electron chi connectivity index (χ2n) is 8.65. The van der Waals surface area contributed by atoms with Crippen molar-refractivity contribution in [1.29, 1.82) is 0 Å². The van der Waals surface area contributed by atoms with Crippen molar-refractivity contribution < 1.29 is 17.6 Å². The van der Waals surface area contributed by atoms with Crippen LogP contribution in [-0.4, -0.2) is 50.9 Å². The molecule has 1 saturated heterocycles. The summed E-state index contributed by atoms with van der Waals surface area (Å²) in [6.45, 7) is 3.53. The molecule has 1 amide bonds. The highest BCUT2D eigenvalue weighted by Crippen LogP contribution is 2.24. The fourth-order valence-electron chi connectivity index (χ4n) is 4.50. The zero-order valence-electron chi connectivity index (χ0n) is 18.4. The van der Waals surface area contributed by atoms with Crippen molar-refractivity contribution in [3.8, 4) is 0 Å². The summed E-state index contributed by atoms with van der Waals surface area (Å²) in [5.74, 6) is -0.495. The van der Waals surface area contributed by atoms with Gasteiger partial charge >= 0.3 is 0 Å². The van der Waals surface area contributed by atoms with Crippen molar-refractivity contribution in [2.75, 3.05) is 31.1 Å². The molecule has 2 fully saturated rings. The van der Waals surface area contributed by atoms with Gasteiger partial charge in [0.2, 0.25) is 10.0 Å². The molecular formula is C24H30FN3O3S. The summed E-state index contributed by atoms with van der Waals surface area (Å²) in [6.07, 6.45) is 5.38. The minimum absolute atomic E-state index is 0.145. The van der Waals surface area contributed by atoms with E-state index in [1.807, 2.05) is 11.8 Å². The van der Waals surface area contributed by atoms with E-state index in [2.05, 4.69) is 5.32 Å². The highest BCUT2D eigenvalue weighted by atomic mass is 32.2. The number of hydrogen-bond acceptors (Lipinski definition) is 4. The zero-order valence-corrected chi connectivity index (χ0v) is 19.2. The van der Waals surface area contributed by atoms with Crippen LogP contribution >= 0.6 is 0 Å². The Morgan fingerprint density at radius 3 is 2.28 bits per heavy atom. The number of rotatable bonds is 5. The normalized spacial score (nSPS) is 18.5. The Morgan fingerprint density at radius 1 is 0.969 bits per heavy atom. The van der Waals surface area contributed by atoms with E-state index in [1.165, 1.54) is 28.9 Å². The molecule has 0 unspecified atom stereocenters.